The molecule has 1 unspecified atom stereocenters. The van der Waals surface area contributed by atoms with Gasteiger partial charge in [-0.1, -0.05) is 30.3 Å². The third kappa shape index (κ3) is 2.78. The number of carbonyl (C=O) groups excluding carboxylic acids is 1. The van der Waals surface area contributed by atoms with Gasteiger partial charge in [-0.2, -0.15) is 0 Å². The Bertz CT molecular complexity index is 950. The Hall–Kier alpha value is -2.67. The lowest BCUT2D eigenvalue weighted by molar-refractivity contribution is -0.731. The summed E-state index contributed by atoms with van der Waals surface area (Å²) in [4.78, 5) is 26.6. The third-order valence-electron chi connectivity index (χ3n) is 4.56. The molecule has 0 saturated heterocycles. The zero-order chi connectivity index (χ0) is 19.0. The van der Waals surface area contributed by atoms with Crippen LogP contribution in [0.2, 0.25) is 0 Å². The van der Waals surface area contributed by atoms with Crippen LogP contribution in [0.1, 0.15) is 31.0 Å². The van der Waals surface area contributed by atoms with E-state index >= 15 is 0 Å². The molecule has 0 aliphatic carbocycles. The number of hydrogen-bond donors (Lipinski definition) is 0. The molecule has 2 heterocycles. The van der Waals surface area contributed by atoms with Crippen LogP contribution in [0.5, 0.6) is 5.88 Å². The van der Waals surface area contributed by atoms with Crippen molar-refractivity contribution in [3.63, 3.8) is 0 Å². The van der Waals surface area contributed by atoms with Gasteiger partial charge in [0, 0.05) is 11.1 Å². The van der Waals surface area contributed by atoms with E-state index in [1.807, 2.05) is 30.3 Å². The molecule has 2 aromatic rings. The number of esters is 1. The van der Waals surface area contributed by atoms with Crippen molar-refractivity contribution in [2.75, 3.05) is 18.6 Å². The number of hydrogen-bond acceptors (Lipinski definition) is 6. The summed E-state index contributed by atoms with van der Waals surface area (Å²) in [5, 5.41) is 13.5. The SMILES string of the molecule is CCOC(=O)C1=C(C)N(C)c2sc(=O)c(C)c([O-])[n+]2C1c1ccccc1. The van der Waals surface area contributed by atoms with Gasteiger partial charge in [-0.05, 0) is 32.1 Å². The quantitative estimate of drug-likeness (QED) is 0.605. The van der Waals surface area contributed by atoms with Crippen molar-refractivity contribution in [1.29, 1.82) is 0 Å². The number of aromatic nitrogens is 1. The Labute approximate surface area is 155 Å². The van der Waals surface area contributed by atoms with Crippen molar-refractivity contribution >= 4 is 22.4 Å². The summed E-state index contributed by atoms with van der Waals surface area (Å²) in [7, 11) is 1.74. The highest BCUT2D eigenvalue weighted by Gasteiger charge is 2.42. The van der Waals surface area contributed by atoms with E-state index in [0.717, 1.165) is 16.9 Å². The van der Waals surface area contributed by atoms with Crippen LogP contribution in [0, 0.1) is 6.92 Å². The average molecular weight is 372 g/mol. The van der Waals surface area contributed by atoms with Crippen LogP contribution in [0.15, 0.2) is 46.4 Å². The average Bonchev–Trinajstić information content (AvgIpc) is 2.63. The Morgan fingerprint density at radius 1 is 1.31 bits per heavy atom. The van der Waals surface area contributed by atoms with Crippen LogP contribution in [-0.2, 0) is 9.53 Å². The number of allylic oxidation sites excluding steroid dienone is 1. The Morgan fingerprint density at radius 2 is 1.96 bits per heavy atom. The highest BCUT2D eigenvalue weighted by Crippen LogP contribution is 2.36. The molecule has 1 aliphatic rings. The summed E-state index contributed by atoms with van der Waals surface area (Å²) < 4.78 is 6.52. The molecule has 0 amide bonds. The number of fused-ring (bicyclic) bond motifs is 1. The van der Waals surface area contributed by atoms with Gasteiger partial charge in [0.15, 0.2) is 6.04 Å². The van der Waals surface area contributed by atoms with Crippen LogP contribution in [0.25, 0.3) is 0 Å². The van der Waals surface area contributed by atoms with Crippen LogP contribution in [0.4, 0.5) is 5.13 Å². The third-order valence-corrected chi connectivity index (χ3v) is 5.70. The lowest BCUT2D eigenvalue weighted by Crippen LogP contribution is -2.54. The Morgan fingerprint density at radius 3 is 2.58 bits per heavy atom. The number of nitrogens with zero attached hydrogens (tertiary/aromatic N) is 2. The van der Waals surface area contributed by atoms with E-state index in [1.165, 1.54) is 11.5 Å². The highest BCUT2D eigenvalue weighted by atomic mass is 32.1. The second kappa shape index (κ2) is 6.92. The highest BCUT2D eigenvalue weighted by molar-refractivity contribution is 7.12. The van der Waals surface area contributed by atoms with Crippen molar-refractivity contribution in [3.05, 3.63) is 62.3 Å². The molecule has 0 radical (unpaired) electrons. The second-order valence-corrected chi connectivity index (χ2v) is 7.00. The first-order valence-corrected chi connectivity index (χ1v) is 9.12. The Balaban J connectivity index is 2.36. The molecule has 1 aromatic heterocycles. The number of carbonyl (C=O) groups is 1. The molecule has 0 bridgehead atoms. The molecule has 0 spiro atoms. The number of ether oxygens (including phenoxy) is 1. The lowest BCUT2D eigenvalue weighted by atomic mass is 9.95. The topological polar surface area (TPSA) is 73.5 Å². The van der Waals surface area contributed by atoms with Crippen LogP contribution in [-0.4, -0.2) is 19.6 Å². The molecule has 0 N–H and O–H groups in total. The van der Waals surface area contributed by atoms with E-state index in [2.05, 4.69) is 0 Å². The molecule has 1 atom stereocenters. The molecule has 7 heteroatoms. The maximum atomic E-state index is 13.0. The van der Waals surface area contributed by atoms with Gasteiger partial charge in [-0.3, -0.25) is 4.79 Å². The van der Waals surface area contributed by atoms with E-state index in [1.54, 1.807) is 25.8 Å². The first kappa shape index (κ1) is 18.1. The fourth-order valence-corrected chi connectivity index (χ4v) is 4.06. The molecule has 136 valence electrons. The molecule has 1 aromatic carbocycles. The summed E-state index contributed by atoms with van der Waals surface area (Å²) in [5.41, 5.74) is 2.00. The first-order valence-electron chi connectivity index (χ1n) is 8.31. The monoisotopic (exact) mass is 372 g/mol. The van der Waals surface area contributed by atoms with Crippen molar-refractivity contribution < 1.29 is 19.2 Å². The van der Waals surface area contributed by atoms with Gasteiger partial charge >= 0.3 is 11.1 Å². The fourth-order valence-electron chi connectivity index (χ4n) is 3.09. The van der Waals surface area contributed by atoms with Gasteiger partial charge < -0.3 is 9.84 Å². The van der Waals surface area contributed by atoms with Crippen LogP contribution >= 0.6 is 11.3 Å². The normalized spacial score (nSPS) is 16.5. The van der Waals surface area contributed by atoms with Gasteiger partial charge in [0.1, 0.15) is 11.3 Å². The summed E-state index contributed by atoms with van der Waals surface area (Å²) in [5.74, 6) is -0.851. The minimum atomic E-state index is -0.635. The van der Waals surface area contributed by atoms with Crippen LogP contribution in [0.3, 0.4) is 0 Å². The summed E-state index contributed by atoms with van der Waals surface area (Å²) in [6.45, 7) is 5.30. The number of anilines is 1. The predicted molar refractivity (Wildman–Crippen MR) is 97.3 cm³/mol. The second-order valence-electron chi connectivity index (χ2n) is 6.06. The van der Waals surface area contributed by atoms with E-state index in [4.69, 9.17) is 4.74 Å². The number of benzene rings is 1. The largest absolute Gasteiger partial charge is 0.842 e. The van der Waals surface area contributed by atoms with Crippen molar-refractivity contribution in [2.24, 2.45) is 0 Å². The zero-order valence-corrected chi connectivity index (χ0v) is 15.9. The predicted octanol–water partition coefficient (Wildman–Crippen LogP) is 1.65. The molecular weight excluding hydrogens is 352 g/mol. The molecule has 26 heavy (non-hydrogen) atoms. The van der Waals surface area contributed by atoms with Crippen molar-refractivity contribution in [1.82, 2.24) is 0 Å². The van der Waals surface area contributed by atoms with E-state index in [0.29, 0.717) is 16.4 Å². The molecule has 0 saturated carbocycles. The fraction of sp³-hybridized carbons (Fsp3) is 0.316. The minimum Gasteiger partial charge on any atom is -0.842 e. The van der Waals surface area contributed by atoms with Crippen molar-refractivity contribution in [3.8, 4) is 5.88 Å². The molecule has 0 fully saturated rings. The van der Waals surface area contributed by atoms with Gasteiger partial charge in [-0.25, -0.2) is 14.3 Å². The lowest BCUT2D eigenvalue weighted by Gasteiger charge is -2.32. The molecule has 3 rings (SSSR count). The molecule has 6 nitrogen and oxygen atoms in total. The molecule has 1 aliphatic heterocycles. The smallest absolute Gasteiger partial charge is 0.344 e. The van der Waals surface area contributed by atoms with Gasteiger partial charge in [-0.15, -0.1) is 0 Å². The summed E-state index contributed by atoms with van der Waals surface area (Å²) in [6, 6.07) is 8.68. The Kier molecular flexibility index (Phi) is 4.82. The van der Waals surface area contributed by atoms with Crippen molar-refractivity contribution in [2.45, 2.75) is 26.8 Å². The van der Waals surface area contributed by atoms with Gasteiger partial charge in [0.2, 0.25) is 4.74 Å². The van der Waals surface area contributed by atoms with E-state index < -0.39 is 17.9 Å². The van der Waals surface area contributed by atoms with E-state index in [-0.39, 0.29) is 16.9 Å². The van der Waals surface area contributed by atoms with Gasteiger partial charge in [0.25, 0.3) is 0 Å². The van der Waals surface area contributed by atoms with E-state index in [9.17, 15) is 14.7 Å². The molecular formula is C19H20N2O4S. The minimum absolute atomic E-state index is 0.149. The maximum absolute atomic E-state index is 13.0. The number of rotatable bonds is 3. The maximum Gasteiger partial charge on any atom is 0.344 e. The standard InChI is InChI=1S/C19H20N2O4S/c1-5-25-17(23)14-12(3)20(4)19-21(16(22)11(2)18(24)26-19)15(14)13-9-7-6-8-10-13/h6-10,15H,5H2,1-4H3. The summed E-state index contributed by atoms with van der Waals surface area (Å²) in [6.07, 6.45) is 0. The van der Waals surface area contributed by atoms with Gasteiger partial charge in [0.05, 0.1) is 19.5 Å². The zero-order valence-electron chi connectivity index (χ0n) is 15.1. The summed E-state index contributed by atoms with van der Waals surface area (Å²) >= 11 is 1.00. The first-order chi connectivity index (χ1) is 12.4. The van der Waals surface area contributed by atoms with Crippen LogP contribution < -0.4 is 19.3 Å².